The van der Waals surface area contributed by atoms with Crippen LogP contribution in [0.2, 0.25) is 0 Å². The van der Waals surface area contributed by atoms with Crippen LogP contribution in [0.25, 0.3) is 17.1 Å². The zero-order chi connectivity index (χ0) is 17.5. The maximum absolute atomic E-state index is 12.3. The van der Waals surface area contributed by atoms with Crippen molar-refractivity contribution >= 4 is 23.0 Å². The number of nitrogens with zero attached hydrogens (tertiary/aromatic N) is 4. The van der Waals surface area contributed by atoms with E-state index in [1.165, 1.54) is 23.2 Å². The van der Waals surface area contributed by atoms with Crippen molar-refractivity contribution in [1.29, 1.82) is 0 Å². The van der Waals surface area contributed by atoms with Gasteiger partial charge in [-0.05, 0) is 25.0 Å². The summed E-state index contributed by atoms with van der Waals surface area (Å²) in [6.07, 6.45) is 11.4. The van der Waals surface area contributed by atoms with E-state index >= 15 is 0 Å². The van der Waals surface area contributed by atoms with E-state index in [9.17, 15) is 9.59 Å². The van der Waals surface area contributed by atoms with Gasteiger partial charge < -0.3 is 9.88 Å². The first-order valence-electron chi connectivity index (χ1n) is 8.12. The highest BCUT2D eigenvalue weighted by molar-refractivity contribution is 5.90. The number of para-hydroxylation sites is 1. The lowest BCUT2D eigenvalue weighted by Crippen LogP contribution is -2.23. The van der Waals surface area contributed by atoms with E-state index < -0.39 is 0 Å². The van der Waals surface area contributed by atoms with Crippen LogP contribution in [-0.4, -0.2) is 31.6 Å². The first-order chi connectivity index (χ1) is 12.2. The van der Waals surface area contributed by atoms with Crippen molar-refractivity contribution in [2.45, 2.75) is 19.4 Å². The van der Waals surface area contributed by atoms with E-state index in [1.54, 1.807) is 30.7 Å². The lowest BCUT2D eigenvalue weighted by molar-refractivity contribution is -0.116. The molecule has 0 fully saturated rings. The molecule has 25 heavy (non-hydrogen) atoms. The summed E-state index contributed by atoms with van der Waals surface area (Å²) in [6, 6.07) is 7.11. The van der Waals surface area contributed by atoms with Gasteiger partial charge in [0.1, 0.15) is 6.33 Å². The van der Waals surface area contributed by atoms with Gasteiger partial charge in [-0.3, -0.25) is 14.2 Å². The van der Waals surface area contributed by atoms with Crippen LogP contribution in [0.4, 0.5) is 0 Å². The zero-order valence-corrected chi connectivity index (χ0v) is 13.7. The highest BCUT2D eigenvalue weighted by atomic mass is 16.1. The van der Waals surface area contributed by atoms with Gasteiger partial charge >= 0.3 is 0 Å². The van der Waals surface area contributed by atoms with Crippen molar-refractivity contribution < 1.29 is 4.79 Å². The molecule has 0 unspecified atom stereocenters. The van der Waals surface area contributed by atoms with Gasteiger partial charge in [0.15, 0.2) is 0 Å². The largest absolute Gasteiger partial charge is 0.353 e. The number of fused-ring (bicyclic) bond motifs is 1. The van der Waals surface area contributed by atoms with Crippen LogP contribution in [0.3, 0.4) is 0 Å². The Morgan fingerprint density at radius 1 is 1.20 bits per heavy atom. The molecule has 0 radical (unpaired) electrons. The van der Waals surface area contributed by atoms with Gasteiger partial charge in [-0.2, -0.15) is 0 Å². The first kappa shape index (κ1) is 16.6. The predicted molar refractivity (Wildman–Crippen MR) is 95.8 cm³/mol. The molecule has 3 rings (SSSR count). The average molecular weight is 337 g/mol. The molecule has 1 N–H and O–H groups in total. The number of aromatic nitrogens is 4. The minimum atomic E-state index is -0.234. The normalized spacial score (nSPS) is 11.2. The van der Waals surface area contributed by atoms with Gasteiger partial charge in [-0.25, -0.2) is 9.97 Å². The quantitative estimate of drug-likeness (QED) is 0.525. The highest BCUT2D eigenvalue weighted by Crippen LogP contribution is 2.04. The molecule has 128 valence electrons. The van der Waals surface area contributed by atoms with E-state index in [0.717, 1.165) is 19.4 Å². The Morgan fingerprint density at radius 3 is 2.92 bits per heavy atom. The van der Waals surface area contributed by atoms with E-state index in [4.69, 9.17) is 0 Å². The number of imidazole rings is 1. The number of nitrogens with one attached hydrogen (secondary N) is 1. The zero-order valence-electron chi connectivity index (χ0n) is 13.7. The molecule has 3 aromatic rings. The molecule has 0 aliphatic rings. The number of carbonyl (C=O) groups excluding carboxylic acids is 1. The molecule has 0 aliphatic carbocycles. The summed E-state index contributed by atoms with van der Waals surface area (Å²) in [6.45, 7) is 1.46. The smallest absolute Gasteiger partial charge is 0.265 e. The second kappa shape index (κ2) is 8.05. The summed E-state index contributed by atoms with van der Waals surface area (Å²) in [5.41, 5.74) is 0.439. The van der Waals surface area contributed by atoms with Crippen LogP contribution in [0.15, 0.2) is 60.2 Å². The molecule has 1 aromatic carbocycles. The van der Waals surface area contributed by atoms with Crippen molar-refractivity contribution in [2.24, 2.45) is 0 Å². The second-order valence-corrected chi connectivity index (χ2v) is 5.59. The van der Waals surface area contributed by atoms with E-state index in [2.05, 4.69) is 15.3 Å². The molecule has 2 heterocycles. The van der Waals surface area contributed by atoms with Gasteiger partial charge in [0, 0.05) is 37.8 Å². The Kier molecular flexibility index (Phi) is 5.36. The Bertz CT molecular complexity index is 928. The third-order valence-corrected chi connectivity index (χ3v) is 3.78. The Morgan fingerprint density at radius 2 is 2.08 bits per heavy atom. The van der Waals surface area contributed by atoms with Crippen LogP contribution in [-0.2, 0) is 11.3 Å². The van der Waals surface area contributed by atoms with Gasteiger partial charge in [0.2, 0.25) is 5.91 Å². The van der Waals surface area contributed by atoms with E-state index in [-0.39, 0.29) is 11.5 Å². The summed E-state index contributed by atoms with van der Waals surface area (Å²) in [5.74, 6) is -0.234. The van der Waals surface area contributed by atoms with E-state index in [0.29, 0.717) is 17.4 Å². The summed E-state index contributed by atoms with van der Waals surface area (Å²) < 4.78 is 3.31. The number of amides is 1. The van der Waals surface area contributed by atoms with Crippen molar-refractivity contribution in [3.63, 3.8) is 0 Å². The van der Waals surface area contributed by atoms with Crippen LogP contribution in [0.5, 0.6) is 0 Å². The average Bonchev–Trinajstić information content (AvgIpc) is 3.14. The van der Waals surface area contributed by atoms with Crippen molar-refractivity contribution in [3.8, 4) is 0 Å². The summed E-state index contributed by atoms with van der Waals surface area (Å²) in [7, 11) is 0. The van der Waals surface area contributed by atoms with Crippen LogP contribution >= 0.6 is 0 Å². The lowest BCUT2D eigenvalue weighted by Gasteiger charge is -2.04. The van der Waals surface area contributed by atoms with Gasteiger partial charge in [0.25, 0.3) is 5.56 Å². The monoisotopic (exact) mass is 337 g/mol. The molecule has 7 nitrogen and oxygen atoms in total. The molecule has 0 aliphatic heterocycles. The van der Waals surface area contributed by atoms with Crippen LogP contribution < -0.4 is 10.9 Å². The molecule has 1 amide bonds. The van der Waals surface area contributed by atoms with Crippen molar-refractivity contribution in [1.82, 2.24) is 24.4 Å². The van der Waals surface area contributed by atoms with Gasteiger partial charge in [0.05, 0.1) is 17.2 Å². The predicted octanol–water partition coefficient (Wildman–Crippen LogP) is 1.66. The molecular formula is C18H19N5O2. The molecule has 2 aromatic heterocycles. The number of unbranched alkanes of at least 4 members (excludes halogenated alkanes) is 1. The Balaban J connectivity index is 1.49. The molecule has 0 saturated heterocycles. The molecule has 0 bridgehead atoms. The molecule has 0 saturated carbocycles. The minimum Gasteiger partial charge on any atom is -0.353 e. The van der Waals surface area contributed by atoms with Crippen LogP contribution in [0, 0.1) is 0 Å². The number of aryl methyl sites for hydroxylation is 1. The molecular weight excluding hydrogens is 318 g/mol. The fraction of sp³-hybridized carbons (Fsp3) is 0.222. The summed E-state index contributed by atoms with van der Waals surface area (Å²) in [4.78, 5) is 32.3. The minimum absolute atomic E-state index is 0.199. The van der Waals surface area contributed by atoms with Crippen molar-refractivity contribution in [2.75, 3.05) is 6.54 Å². The number of hydrogen-bond donors (Lipinski definition) is 1. The van der Waals surface area contributed by atoms with Gasteiger partial charge in [-0.1, -0.05) is 12.1 Å². The topological polar surface area (TPSA) is 81.8 Å². The molecule has 0 spiro atoms. The summed E-state index contributed by atoms with van der Waals surface area (Å²) in [5, 5.41) is 3.33. The van der Waals surface area contributed by atoms with Crippen molar-refractivity contribution in [3.05, 3.63) is 65.7 Å². The number of rotatable bonds is 7. The standard InChI is InChI=1S/C18H19N5O2/c24-17(20-8-3-4-10-22-12-9-19-13-22)7-11-23-14-21-16-6-2-1-5-15(16)18(23)25/h1-2,5-7,9,11-14H,3-4,8,10H2,(H,20,24). The first-order valence-corrected chi connectivity index (χ1v) is 8.12. The maximum atomic E-state index is 12.3. The fourth-order valence-electron chi connectivity index (χ4n) is 2.45. The second-order valence-electron chi connectivity index (χ2n) is 5.59. The Hall–Kier alpha value is -3.22. The third kappa shape index (κ3) is 4.41. The summed E-state index contributed by atoms with van der Waals surface area (Å²) >= 11 is 0. The number of hydrogen-bond acceptors (Lipinski definition) is 4. The van der Waals surface area contributed by atoms with E-state index in [1.807, 2.05) is 16.8 Å². The Labute approximate surface area is 144 Å². The van der Waals surface area contributed by atoms with Crippen LogP contribution in [0.1, 0.15) is 12.8 Å². The van der Waals surface area contributed by atoms with Gasteiger partial charge in [-0.15, -0.1) is 0 Å². The number of benzene rings is 1. The maximum Gasteiger partial charge on any atom is 0.265 e. The molecule has 0 atom stereocenters. The number of carbonyl (C=O) groups is 1. The third-order valence-electron chi connectivity index (χ3n) is 3.78. The molecule has 7 heteroatoms. The SMILES string of the molecule is O=C(C=Cn1cnc2ccccc2c1=O)NCCCCn1ccnc1. The highest BCUT2D eigenvalue weighted by Gasteiger charge is 2.01. The fourth-order valence-corrected chi connectivity index (χ4v) is 2.45. The lowest BCUT2D eigenvalue weighted by atomic mass is 10.2.